The number of hydrogen-bond donors (Lipinski definition) is 0. The molecule has 1 aliphatic rings. The minimum atomic E-state index is -4.51. The lowest BCUT2D eigenvalue weighted by atomic mass is 10.1. The van der Waals surface area contributed by atoms with Gasteiger partial charge in [-0.2, -0.15) is 0 Å². The summed E-state index contributed by atoms with van der Waals surface area (Å²) in [6, 6.07) is 6.17. The molecule has 1 saturated heterocycles. The number of hydrogen-bond acceptors (Lipinski definition) is 10. The van der Waals surface area contributed by atoms with Crippen LogP contribution in [0.3, 0.4) is 0 Å². The van der Waals surface area contributed by atoms with Gasteiger partial charge in [0.25, 0.3) is 0 Å². The third-order valence-electron chi connectivity index (χ3n) is 5.13. The monoisotopic (exact) mass is 531 g/mol. The first-order valence-electron chi connectivity index (χ1n) is 11.5. The molecule has 3 atom stereocenters. The highest BCUT2D eigenvalue weighted by Gasteiger charge is 2.46. The second-order valence-electron chi connectivity index (χ2n) is 9.82. The maximum Gasteiger partial charge on any atom is 0.424 e. The molecule has 11 nitrogen and oxygen atoms in total. The Morgan fingerprint density at radius 2 is 1.78 bits per heavy atom. The van der Waals surface area contributed by atoms with Gasteiger partial charge in [0.05, 0.1) is 18.2 Å². The lowest BCUT2D eigenvalue weighted by molar-refractivity contribution is -0.156. The summed E-state index contributed by atoms with van der Waals surface area (Å²) in [4.78, 5) is 26.1. The van der Waals surface area contributed by atoms with Crippen molar-refractivity contribution in [3.8, 4) is 5.75 Å². The normalized spacial score (nSPS) is 20.6. The molecule has 0 radical (unpaired) electrons. The third kappa shape index (κ3) is 8.13. The Morgan fingerprint density at radius 3 is 2.31 bits per heavy atom. The number of sulfonamides is 1. The average molecular weight is 532 g/mol. The Hall–Kier alpha value is -2.25. The van der Waals surface area contributed by atoms with Crippen LogP contribution in [0.25, 0.3) is 0 Å². The first-order valence-corrected chi connectivity index (χ1v) is 13.1. The van der Waals surface area contributed by atoms with Gasteiger partial charge in [-0.3, -0.25) is 4.79 Å². The van der Waals surface area contributed by atoms with E-state index in [1.165, 1.54) is 26.4 Å². The highest BCUT2D eigenvalue weighted by atomic mass is 32.2. The molecule has 0 bridgehead atoms. The van der Waals surface area contributed by atoms with Crippen LogP contribution in [0.2, 0.25) is 0 Å². The largest absolute Gasteiger partial charge is 0.467 e. The molecule has 0 N–H and O–H groups in total. The summed E-state index contributed by atoms with van der Waals surface area (Å²) in [7, 11) is -1.72. The molecular weight excluding hydrogens is 494 g/mol. The number of ketones is 1. The van der Waals surface area contributed by atoms with Crippen molar-refractivity contribution in [3.63, 3.8) is 0 Å². The Balaban J connectivity index is 2.36. The van der Waals surface area contributed by atoms with Crippen molar-refractivity contribution >= 4 is 21.9 Å². The molecule has 0 saturated carbocycles. The van der Waals surface area contributed by atoms with Crippen LogP contribution >= 0.6 is 0 Å². The second-order valence-corrected chi connectivity index (χ2v) is 11.7. The zero-order chi connectivity index (χ0) is 27.3. The lowest BCUT2D eigenvalue weighted by Crippen LogP contribution is -2.50. The molecule has 36 heavy (non-hydrogen) atoms. The molecule has 1 aromatic carbocycles. The molecule has 0 aromatic heterocycles. The summed E-state index contributed by atoms with van der Waals surface area (Å²) in [5.41, 5.74) is -0.950. The quantitative estimate of drug-likeness (QED) is 0.311. The molecule has 0 aliphatic carbocycles. The van der Waals surface area contributed by atoms with Crippen LogP contribution in [0, 0.1) is 0 Å². The fraction of sp³-hybridized carbons (Fsp3) is 0.667. The van der Waals surface area contributed by atoms with Crippen LogP contribution in [-0.4, -0.2) is 87.6 Å². The molecule has 1 aliphatic heterocycles. The fourth-order valence-electron chi connectivity index (χ4n) is 3.70. The van der Waals surface area contributed by atoms with E-state index in [-0.39, 0.29) is 18.1 Å². The van der Waals surface area contributed by atoms with Crippen LogP contribution < -0.4 is 4.74 Å². The summed E-state index contributed by atoms with van der Waals surface area (Å²) >= 11 is 0. The van der Waals surface area contributed by atoms with Crippen LogP contribution in [-0.2, 0) is 33.7 Å². The van der Waals surface area contributed by atoms with Gasteiger partial charge in [0.15, 0.2) is 18.4 Å². The molecule has 1 fully saturated rings. The van der Waals surface area contributed by atoms with E-state index in [1.807, 2.05) is 0 Å². The molecule has 0 spiro atoms. The van der Waals surface area contributed by atoms with Gasteiger partial charge in [0.1, 0.15) is 29.3 Å². The first-order chi connectivity index (χ1) is 16.6. The summed E-state index contributed by atoms with van der Waals surface area (Å²) in [6.45, 7) is 9.45. The second kappa shape index (κ2) is 11.9. The Morgan fingerprint density at radius 1 is 1.14 bits per heavy atom. The first kappa shape index (κ1) is 30.0. The van der Waals surface area contributed by atoms with Crippen molar-refractivity contribution < 1.29 is 46.4 Å². The van der Waals surface area contributed by atoms with Gasteiger partial charge < -0.3 is 28.4 Å². The highest BCUT2D eigenvalue weighted by molar-refractivity contribution is 7.90. The molecule has 2 unspecified atom stereocenters. The number of benzene rings is 1. The minimum absolute atomic E-state index is 0.0356. The van der Waals surface area contributed by atoms with E-state index in [1.54, 1.807) is 53.7 Å². The summed E-state index contributed by atoms with van der Waals surface area (Å²) in [5.74, 6) is -2.53. The van der Waals surface area contributed by atoms with Crippen molar-refractivity contribution in [1.82, 2.24) is 4.31 Å². The maximum absolute atomic E-state index is 13.5. The van der Waals surface area contributed by atoms with Gasteiger partial charge in [-0.05, 0) is 53.7 Å². The van der Waals surface area contributed by atoms with Gasteiger partial charge in [-0.25, -0.2) is 17.5 Å². The zero-order valence-electron chi connectivity index (χ0n) is 22.1. The summed E-state index contributed by atoms with van der Waals surface area (Å²) in [5, 5.41) is 0. The molecule has 2 rings (SSSR count). The number of amides is 1. The third-order valence-corrected chi connectivity index (χ3v) is 6.73. The van der Waals surface area contributed by atoms with E-state index < -0.39 is 63.9 Å². The topological polar surface area (TPSA) is 127 Å². The number of methoxy groups -OCH3 is 2. The van der Waals surface area contributed by atoms with Crippen LogP contribution in [0.5, 0.6) is 5.75 Å². The van der Waals surface area contributed by atoms with E-state index >= 15 is 0 Å². The Labute approximate surface area is 213 Å². The van der Waals surface area contributed by atoms with E-state index in [0.29, 0.717) is 4.31 Å². The van der Waals surface area contributed by atoms with Crippen LogP contribution in [0.4, 0.5) is 4.79 Å². The molecule has 204 valence electrons. The van der Waals surface area contributed by atoms with Gasteiger partial charge in [0, 0.05) is 14.2 Å². The van der Waals surface area contributed by atoms with Crippen molar-refractivity contribution in [2.45, 2.75) is 71.2 Å². The van der Waals surface area contributed by atoms with Crippen molar-refractivity contribution in [1.29, 1.82) is 0 Å². The predicted octanol–water partition coefficient (Wildman–Crippen LogP) is 2.97. The standard InChI is InChI=1S/C24H37NO10S/c1-16-21(34-24(5,6)33-16)20(31-8)13-25(22(27)35-23(2,3)4)36(28,29)14-18(26)17-11-9-10-12-19(17)32-15-30-7/h9-12,16,20-21H,13-15H2,1-8H3/t16?,20-,21?/m1/s1. The van der Waals surface area contributed by atoms with Gasteiger partial charge >= 0.3 is 6.09 Å². The zero-order valence-corrected chi connectivity index (χ0v) is 22.9. The molecule has 1 heterocycles. The number of carbonyl (C=O) groups is 2. The smallest absolute Gasteiger partial charge is 0.424 e. The minimum Gasteiger partial charge on any atom is -0.467 e. The Bertz CT molecular complexity index is 1020. The molecule has 1 aromatic rings. The molecule has 1 amide bonds. The van der Waals surface area contributed by atoms with Gasteiger partial charge in [-0.15, -0.1) is 0 Å². The number of carbonyl (C=O) groups excluding carboxylic acids is 2. The van der Waals surface area contributed by atoms with Crippen molar-refractivity contribution in [3.05, 3.63) is 29.8 Å². The summed E-state index contributed by atoms with van der Waals surface area (Å²) in [6.07, 6.45) is -3.15. The fourth-order valence-corrected chi connectivity index (χ4v) is 4.98. The number of para-hydroxylation sites is 1. The van der Waals surface area contributed by atoms with Crippen molar-refractivity contribution in [2.24, 2.45) is 0 Å². The van der Waals surface area contributed by atoms with E-state index in [0.717, 1.165) is 0 Å². The van der Waals surface area contributed by atoms with E-state index in [2.05, 4.69) is 0 Å². The average Bonchev–Trinajstić information content (AvgIpc) is 3.03. The SMILES string of the molecule is COCOc1ccccc1C(=O)CS(=O)(=O)N(C[C@@H](OC)C1OC(C)(C)OC1C)C(=O)OC(C)(C)C. The lowest BCUT2D eigenvalue weighted by Gasteiger charge is -2.31. The summed E-state index contributed by atoms with van der Waals surface area (Å²) < 4.78 is 60.2. The number of Topliss-reactive ketones (excluding diaryl/α,β-unsaturated/α-hetero) is 1. The van der Waals surface area contributed by atoms with Gasteiger partial charge in [-0.1, -0.05) is 12.1 Å². The van der Waals surface area contributed by atoms with Gasteiger partial charge in [0.2, 0.25) is 10.0 Å². The number of rotatable bonds is 11. The molecule has 12 heteroatoms. The van der Waals surface area contributed by atoms with Crippen molar-refractivity contribution in [2.75, 3.05) is 33.3 Å². The predicted molar refractivity (Wildman–Crippen MR) is 130 cm³/mol. The maximum atomic E-state index is 13.5. The van der Waals surface area contributed by atoms with Crippen LogP contribution in [0.1, 0.15) is 51.9 Å². The van der Waals surface area contributed by atoms with E-state index in [9.17, 15) is 18.0 Å². The van der Waals surface area contributed by atoms with Crippen LogP contribution in [0.15, 0.2) is 24.3 Å². The molecular formula is C24H37NO10S. The number of ether oxygens (including phenoxy) is 6. The number of nitrogens with zero attached hydrogens (tertiary/aromatic N) is 1. The van der Waals surface area contributed by atoms with E-state index in [4.69, 9.17) is 28.4 Å². The Kier molecular flexibility index (Phi) is 9.88. The highest BCUT2D eigenvalue weighted by Crippen LogP contribution is 2.31.